The maximum atomic E-state index is 4.65. The van der Waals surface area contributed by atoms with Crippen LogP contribution in [0.2, 0.25) is 0 Å². The predicted octanol–water partition coefficient (Wildman–Crippen LogP) is 3.37. The van der Waals surface area contributed by atoms with Gasteiger partial charge in [-0.2, -0.15) is 0 Å². The van der Waals surface area contributed by atoms with Gasteiger partial charge < -0.3 is 9.88 Å². The summed E-state index contributed by atoms with van der Waals surface area (Å²) in [6.07, 6.45) is 1.20. The standard InChI is InChI=1S/C16H25N3/c1-5-12(3)15(17-6-2)11-19-13(4)18-14-9-7-8-10-16(14)19/h7-10,12,15,17H,5-6,11H2,1-4H3. The van der Waals surface area contributed by atoms with E-state index in [1.165, 1.54) is 11.9 Å². The topological polar surface area (TPSA) is 29.9 Å². The van der Waals surface area contributed by atoms with Crippen LogP contribution in [-0.4, -0.2) is 22.1 Å². The zero-order valence-corrected chi connectivity index (χ0v) is 12.5. The first-order chi connectivity index (χ1) is 9.17. The minimum atomic E-state index is 0.506. The van der Waals surface area contributed by atoms with Crippen molar-refractivity contribution in [3.05, 3.63) is 30.1 Å². The highest BCUT2D eigenvalue weighted by Crippen LogP contribution is 2.18. The Labute approximate surface area is 116 Å². The summed E-state index contributed by atoms with van der Waals surface area (Å²) in [5.41, 5.74) is 2.34. The van der Waals surface area contributed by atoms with Crippen LogP contribution in [0.3, 0.4) is 0 Å². The van der Waals surface area contributed by atoms with E-state index >= 15 is 0 Å². The minimum Gasteiger partial charge on any atom is -0.327 e. The second-order valence-corrected chi connectivity index (χ2v) is 5.31. The van der Waals surface area contributed by atoms with Crippen molar-refractivity contribution >= 4 is 11.0 Å². The van der Waals surface area contributed by atoms with E-state index in [1.807, 2.05) is 0 Å². The van der Waals surface area contributed by atoms with Crippen molar-refractivity contribution < 1.29 is 0 Å². The lowest BCUT2D eigenvalue weighted by molar-refractivity contribution is 0.335. The van der Waals surface area contributed by atoms with Crippen LogP contribution < -0.4 is 5.32 Å². The maximum absolute atomic E-state index is 4.65. The van der Waals surface area contributed by atoms with Crippen LogP contribution >= 0.6 is 0 Å². The van der Waals surface area contributed by atoms with E-state index in [0.717, 1.165) is 24.4 Å². The van der Waals surface area contributed by atoms with E-state index in [4.69, 9.17) is 0 Å². The maximum Gasteiger partial charge on any atom is 0.106 e. The van der Waals surface area contributed by atoms with Gasteiger partial charge in [-0.15, -0.1) is 0 Å². The monoisotopic (exact) mass is 259 g/mol. The highest BCUT2D eigenvalue weighted by atomic mass is 15.1. The first-order valence-corrected chi connectivity index (χ1v) is 7.32. The molecule has 2 atom stereocenters. The van der Waals surface area contributed by atoms with Crippen LogP contribution in [0.5, 0.6) is 0 Å². The zero-order valence-electron chi connectivity index (χ0n) is 12.5. The third-order valence-electron chi connectivity index (χ3n) is 4.02. The van der Waals surface area contributed by atoms with Gasteiger partial charge in [0.2, 0.25) is 0 Å². The first kappa shape index (κ1) is 14.1. The van der Waals surface area contributed by atoms with Gasteiger partial charge in [0.1, 0.15) is 5.82 Å². The van der Waals surface area contributed by atoms with E-state index in [2.05, 4.69) is 66.8 Å². The Kier molecular flexibility index (Phi) is 4.59. The Hall–Kier alpha value is -1.35. The van der Waals surface area contributed by atoms with E-state index in [-0.39, 0.29) is 0 Å². The smallest absolute Gasteiger partial charge is 0.106 e. The molecular formula is C16H25N3. The second-order valence-electron chi connectivity index (χ2n) is 5.31. The lowest BCUT2D eigenvalue weighted by Crippen LogP contribution is -2.38. The molecule has 0 saturated heterocycles. The molecule has 19 heavy (non-hydrogen) atoms. The molecule has 1 aromatic carbocycles. The van der Waals surface area contributed by atoms with E-state index in [1.54, 1.807) is 0 Å². The molecule has 3 heteroatoms. The quantitative estimate of drug-likeness (QED) is 0.862. The fraction of sp³-hybridized carbons (Fsp3) is 0.562. The fourth-order valence-electron chi connectivity index (χ4n) is 2.62. The third-order valence-corrected chi connectivity index (χ3v) is 4.02. The summed E-state index contributed by atoms with van der Waals surface area (Å²) in [6.45, 7) is 10.9. The lowest BCUT2D eigenvalue weighted by Gasteiger charge is -2.25. The molecule has 0 amide bonds. The molecule has 1 heterocycles. The molecule has 104 valence electrons. The molecule has 0 aliphatic heterocycles. The molecule has 0 aliphatic rings. The summed E-state index contributed by atoms with van der Waals surface area (Å²) >= 11 is 0. The molecule has 1 N–H and O–H groups in total. The average molecular weight is 259 g/mol. The second kappa shape index (κ2) is 6.20. The van der Waals surface area contributed by atoms with Crippen molar-refractivity contribution in [3.8, 4) is 0 Å². The highest BCUT2D eigenvalue weighted by Gasteiger charge is 2.17. The largest absolute Gasteiger partial charge is 0.327 e. The van der Waals surface area contributed by atoms with Gasteiger partial charge in [-0.1, -0.05) is 39.3 Å². The van der Waals surface area contributed by atoms with Crippen LogP contribution in [0.1, 0.15) is 33.0 Å². The van der Waals surface area contributed by atoms with Crippen LogP contribution in [0.4, 0.5) is 0 Å². The summed E-state index contributed by atoms with van der Waals surface area (Å²) in [5.74, 6) is 1.77. The van der Waals surface area contributed by atoms with Crippen LogP contribution in [0.25, 0.3) is 11.0 Å². The van der Waals surface area contributed by atoms with Gasteiger partial charge in [0, 0.05) is 12.6 Å². The number of fused-ring (bicyclic) bond motifs is 1. The molecule has 3 nitrogen and oxygen atoms in total. The number of nitrogens with one attached hydrogen (secondary N) is 1. The number of rotatable bonds is 6. The Balaban J connectivity index is 2.30. The summed E-state index contributed by atoms with van der Waals surface area (Å²) in [4.78, 5) is 4.65. The lowest BCUT2D eigenvalue weighted by atomic mass is 9.99. The molecule has 2 unspecified atom stereocenters. The molecule has 0 fully saturated rings. The van der Waals surface area contributed by atoms with Gasteiger partial charge in [-0.25, -0.2) is 4.98 Å². The molecule has 1 aromatic heterocycles. The summed E-state index contributed by atoms with van der Waals surface area (Å²) in [5, 5.41) is 3.61. The molecule has 0 aliphatic carbocycles. The average Bonchev–Trinajstić information content (AvgIpc) is 2.73. The van der Waals surface area contributed by atoms with Crippen molar-refractivity contribution in [2.24, 2.45) is 5.92 Å². The Morgan fingerprint density at radius 2 is 2.00 bits per heavy atom. The molecule has 0 bridgehead atoms. The Morgan fingerprint density at radius 3 is 2.68 bits per heavy atom. The van der Waals surface area contributed by atoms with Crippen molar-refractivity contribution in [2.45, 2.75) is 46.7 Å². The van der Waals surface area contributed by atoms with Crippen LogP contribution in [0.15, 0.2) is 24.3 Å². The molecular weight excluding hydrogens is 234 g/mol. The summed E-state index contributed by atoms with van der Waals surface area (Å²) in [7, 11) is 0. The highest BCUT2D eigenvalue weighted by molar-refractivity contribution is 5.75. The van der Waals surface area contributed by atoms with Gasteiger partial charge in [0.05, 0.1) is 11.0 Å². The molecule has 2 rings (SSSR count). The zero-order chi connectivity index (χ0) is 13.8. The summed E-state index contributed by atoms with van der Waals surface area (Å²) < 4.78 is 2.34. The first-order valence-electron chi connectivity index (χ1n) is 7.32. The molecule has 0 spiro atoms. The number of imidazole rings is 1. The number of likely N-dealkylation sites (N-methyl/N-ethyl adjacent to an activating group) is 1. The number of aromatic nitrogens is 2. The number of hydrogen-bond donors (Lipinski definition) is 1. The van der Waals surface area contributed by atoms with E-state index in [0.29, 0.717) is 12.0 Å². The van der Waals surface area contributed by atoms with Crippen molar-refractivity contribution in [1.82, 2.24) is 14.9 Å². The van der Waals surface area contributed by atoms with Gasteiger partial charge in [0.25, 0.3) is 0 Å². The number of nitrogens with zero attached hydrogens (tertiary/aromatic N) is 2. The predicted molar refractivity (Wildman–Crippen MR) is 81.4 cm³/mol. The number of benzene rings is 1. The number of aryl methyl sites for hydroxylation is 1. The van der Waals surface area contributed by atoms with Gasteiger partial charge in [-0.3, -0.25) is 0 Å². The molecule has 0 radical (unpaired) electrons. The SMILES string of the molecule is CCNC(Cn1c(C)nc2ccccc21)C(C)CC. The summed E-state index contributed by atoms with van der Waals surface area (Å²) in [6, 6.07) is 8.90. The normalized spacial score (nSPS) is 14.7. The van der Waals surface area contributed by atoms with Gasteiger partial charge in [0.15, 0.2) is 0 Å². The van der Waals surface area contributed by atoms with Crippen LogP contribution in [-0.2, 0) is 6.54 Å². The number of hydrogen-bond acceptors (Lipinski definition) is 2. The van der Waals surface area contributed by atoms with Crippen molar-refractivity contribution in [2.75, 3.05) is 6.54 Å². The van der Waals surface area contributed by atoms with Crippen LogP contribution in [0, 0.1) is 12.8 Å². The van der Waals surface area contributed by atoms with E-state index < -0.39 is 0 Å². The Bertz CT molecular complexity index is 530. The van der Waals surface area contributed by atoms with Gasteiger partial charge in [-0.05, 0) is 31.5 Å². The number of para-hydroxylation sites is 2. The van der Waals surface area contributed by atoms with Crippen molar-refractivity contribution in [1.29, 1.82) is 0 Å². The fourth-order valence-corrected chi connectivity index (χ4v) is 2.62. The minimum absolute atomic E-state index is 0.506. The third kappa shape index (κ3) is 2.98. The van der Waals surface area contributed by atoms with E-state index in [9.17, 15) is 0 Å². The molecule has 0 saturated carbocycles. The Morgan fingerprint density at radius 1 is 1.26 bits per heavy atom. The van der Waals surface area contributed by atoms with Crippen molar-refractivity contribution in [3.63, 3.8) is 0 Å². The van der Waals surface area contributed by atoms with Gasteiger partial charge >= 0.3 is 0 Å². The molecule has 2 aromatic rings.